The SMILES string of the molecule is CN=C(NCc1cc(OC)c(O)c(OC)c1)NCc1ccc(F)cc1C(F)(F)F. The average Bonchev–Trinajstić information content (AvgIpc) is 2.68. The number of aromatic hydroxyl groups is 1. The van der Waals surface area contributed by atoms with Crippen molar-refractivity contribution in [3.63, 3.8) is 0 Å². The largest absolute Gasteiger partial charge is 0.502 e. The van der Waals surface area contributed by atoms with Gasteiger partial charge in [0.2, 0.25) is 5.75 Å². The monoisotopic (exact) mass is 415 g/mol. The topological polar surface area (TPSA) is 75.1 Å². The third-order valence-corrected chi connectivity index (χ3v) is 4.05. The van der Waals surface area contributed by atoms with Gasteiger partial charge in [-0.1, -0.05) is 6.07 Å². The van der Waals surface area contributed by atoms with Crippen molar-refractivity contribution < 1.29 is 32.1 Å². The molecular weight excluding hydrogens is 394 g/mol. The Kier molecular flexibility index (Phi) is 7.13. The van der Waals surface area contributed by atoms with Gasteiger partial charge < -0.3 is 25.2 Å². The first-order valence-corrected chi connectivity index (χ1v) is 8.43. The number of hydrogen-bond donors (Lipinski definition) is 3. The number of nitrogens with one attached hydrogen (secondary N) is 2. The van der Waals surface area contributed by atoms with Crippen LogP contribution in [-0.2, 0) is 19.3 Å². The van der Waals surface area contributed by atoms with Crippen LogP contribution in [0.3, 0.4) is 0 Å². The first-order valence-electron chi connectivity index (χ1n) is 8.43. The molecule has 6 nitrogen and oxygen atoms in total. The predicted octanol–water partition coefficient (Wildman–Crippen LogP) is 3.43. The number of phenols is 1. The second-order valence-electron chi connectivity index (χ2n) is 5.93. The molecule has 0 aliphatic rings. The summed E-state index contributed by atoms with van der Waals surface area (Å²) in [7, 11) is 4.25. The fourth-order valence-electron chi connectivity index (χ4n) is 2.60. The summed E-state index contributed by atoms with van der Waals surface area (Å²) in [4.78, 5) is 3.96. The number of alkyl halides is 3. The van der Waals surface area contributed by atoms with Gasteiger partial charge in [-0.2, -0.15) is 13.2 Å². The van der Waals surface area contributed by atoms with Gasteiger partial charge in [-0.3, -0.25) is 4.99 Å². The predicted molar refractivity (Wildman–Crippen MR) is 99.7 cm³/mol. The molecule has 2 aromatic rings. The summed E-state index contributed by atoms with van der Waals surface area (Å²) in [6.45, 7) is 0.0131. The molecule has 158 valence electrons. The molecule has 0 bridgehead atoms. The molecule has 0 aliphatic carbocycles. The zero-order valence-corrected chi connectivity index (χ0v) is 16.0. The molecule has 0 heterocycles. The van der Waals surface area contributed by atoms with Crippen LogP contribution in [0.25, 0.3) is 0 Å². The highest BCUT2D eigenvalue weighted by atomic mass is 19.4. The molecule has 0 saturated heterocycles. The summed E-state index contributed by atoms with van der Waals surface area (Å²) < 4.78 is 62.7. The van der Waals surface area contributed by atoms with Crippen molar-refractivity contribution in [2.24, 2.45) is 4.99 Å². The fraction of sp³-hybridized carbons (Fsp3) is 0.316. The molecule has 0 amide bonds. The molecular formula is C19H21F4N3O3. The van der Waals surface area contributed by atoms with Gasteiger partial charge in [0.05, 0.1) is 19.8 Å². The van der Waals surface area contributed by atoms with Gasteiger partial charge in [0.25, 0.3) is 0 Å². The van der Waals surface area contributed by atoms with Gasteiger partial charge in [-0.25, -0.2) is 4.39 Å². The number of methoxy groups -OCH3 is 2. The zero-order valence-electron chi connectivity index (χ0n) is 16.0. The summed E-state index contributed by atoms with van der Waals surface area (Å²) >= 11 is 0. The van der Waals surface area contributed by atoms with Crippen LogP contribution in [0.5, 0.6) is 17.2 Å². The lowest BCUT2D eigenvalue weighted by molar-refractivity contribution is -0.138. The molecule has 3 N–H and O–H groups in total. The summed E-state index contributed by atoms with van der Waals surface area (Å²) in [5.74, 6) is -0.444. The highest BCUT2D eigenvalue weighted by molar-refractivity contribution is 5.79. The maximum absolute atomic E-state index is 13.2. The summed E-state index contributed by atoms with van der Waals surface area (Å²) in [6, 6.07) is 5.67. The molecule has 0 radical (unpaired) electrons. The number of hydrogen-bond acceptors (Lipinski definition) is 4. The third kappa shape index (κ3) is 5.66. The highest BCUT2D eigenvalue weighted by Crippen LogP contribution is 2.37. The van der Waals surface area contributed by atoms with Crippen LogP contribution in [0.2, 0.25) is 0 Å². The number of ether oxygens (including phenoxy) is 2. The van der Waals surface area contributed by atoms with Crippen molar-refractivity contribution >= 4 is 5.96 Å². The quantitative estimate of drug-likeness (QED) is 0.383. The van der Waals surface area contributed by atoms with E-state index in [9.17, 15) is 22.7 Å². The van der Waals surface area contributed by atoms with Gasteiger partial charge in [-0.15, -0.1) is 0 Å². The molecule has 0 unspecified atom stereocenters. The molecule has 0 aliphatic heterocycles. The van der Waals surface area contributed by atoms with E-state index in [1.807, 2.05) is 0 Å². The molecule has 0 fully saturated rings. The standard InChI is InChI=1S/C19H21F4N3O3/c1-24-18(25-9-11-6-15(28-2)17(27)16(7-11)29-3)26-10-12-4-5-13(20)8-14(12)19(21,22)23/h4-8,27H,9-10H2,1-3H3,(H2,24,25,26). The summed E-state index contributed by atoms with van der Waals surface area (Å²) in [5, 5.41) is 15.6. The first-order chi connectivity index (χ1) is 13.7. The lowest BCUT2D eigenvalue weighted by Crippen LogP contribution is -2.36. The van der Waals surface area contributed by atoms with Crippen LogP contribution in [0.4, 0.5) is 17.6 Å². The smallest absolute Gasteiger partial charge is 0.416 e. The number of aliphatic imine (C=N–C) groups is 1. The Morgan fingerprint density at radius 1 is 1.03 bits per heavy atom. The normalized spacial score (nSPS) is 11.9. The Morgan fingerprint density at radius 3 is 2.14 bits per heavy atom. The molecule has 0 aromatic heterocycles. The van der Waals surface area contributed by atoms with E-state index in [1.54, 1.807) is 12.1 Å². The minimum Gasteiger partial charge on any atom is -0.502 e. The summed E-state index contributed by atoms with van der Waals surface area (Å²) in [6.07, 6.45) is -4.67. The Bertz CT molecular complexity index is 860. The maximum Gasteiger partial charge on any atom is 0.416 e. The van der Waals surface area contributed by atoms with E-state index in [0.29, 0.717) is 11.6 Å². The van der Waals surface area contributed by atoms with E-state index >= 15 is 0 Å². The first kappa shape index (κ1) is 22.1. The minimum atomic E-state index is -4.67. The average molecular weight is 415 g/mol. The van der Waals surface area contributed by atoms with Crippen molar-refractivity contribution in [1.29, 1.82) is 0 Å². The van der Waals surface area contributed by atoms with Crippen LogP contribution in [-0.4, -0.2) is 32.3 Å². The number of guanidine groups is 1. The van der Waals surface area contributed by atoms with Gasteiger partial charge >= 0.3 is 6.18 Å². The second-order valence-corrected chi connectivity index (χ2v) is 5.93. The Morgan fingerprint density at radius 2 is 1.62 bits per heavy atom. The minimum absolute atomic E-state index is 0.116. The van der Waals surface area contributed by atoms with E-state index in [1.165, 1.54) is 21.3 Å². The van der Waals surface area contributed by atoms with Crippen LogP contribution in [0, 0.1) is 5.82 Å². The molecule has 29 heavy (non-hydrogen) atoms. The van der Waals surface area contributed by atoms with Gasteiger partial charge in [0.1, 0.15) is 5.82 Å². The van der Waals surface area contributed by atoms with Crippen molar-refractivity contribution in [1.82, 2.24) is 10.6 Å². The Hall–Kier alpha value is -3.17. The summed E-state index contributed by atoms with van der Waals surface area (Å²) in [5.41, 5.74) is -0.486. The Labute approximate surface area is 165 Å². The molecule has 2 aromatic carbocycles. The van der Waals surface area contributed by atoms with Crippen LogP contribution in [0.1, 0.15) is 16.7 Å². The number of phenolic OH excluding ortho intramolecular Hbond substituents is 1. The lowest BCUT2D eigenvalue weighted by Gasteiger charge is -2.16. The lowest BCUT2D eigenvalue weighted by atomic mass is 10.1. The fourth-order valence-corrected chi connectivity index (χ4v) is 2.60. The maximum atomic E-state index is 13.2. The molecule has 0 spiro atoms. The van der Waals surface area contributed by atoms with Crippen molar-refractivity contribution in [2.75, 3.05) is 21.3 Å². The second kappa shape index (κ2) is 9.35. The Balaban J connectivity index is 2.08. The van der Waals surface area contributed by atoms with Crippen LogP contribution < -0.4 is 20.1 Å². The highest BCUT2D eigenvalue weighted by Gasteiger charge is 2.33. The number of rotatable bonds is 6. The van der Waals surface area contributed by atoms with E-state index < -0.39 is 17.6 Å². The van der Waals surface area contributed by atoms with E-state index in [2.05, 4.69) is 15.6 Å². The van der Waals surface area contributed by atoms with Gasteiger partial charge in [-0.05, 0) is 35.4 Å². The zero-order chi connectivity index (χ0) is 21.6. The van der Waals surface area contributed by atoms with E-state index in [-0.39, 0.29) is 41.9 Å². The van der Waals surface area contributed by atoms with Gasteiger partial charge in [0, 0.05) is 20.1 Å². The van der Waals surface area contributed by atoms with Crippen molar-refractivity contribution in [2.45, 2.75) is 19.3 Å². The number of halogens is 4. The van der Waals surface area contributed by atoms with Crippen molar-refractivity contribution in [3.05, 3.63) is 52.8 Å². The molecule has 2 rings (SSSR count). The molecule has 0 atom stereocenters. The third-order valence-electron chi connectivity index (χ3n) is 4.05. The van der Waals surface area contributed by atoms with Gasteiger partial charge in [0.15, 0.2) is 17.5 Å². The number of nitrogens with zero attached hydrogens (tertiary/aromatic N) is 1. The molecule has 10 heteroatoms. The van der Waals surface area contributed by atoms with Crippen LogP contribution in [0.15, 0.2) is 35.3 Å². The van der Waals surface area contributed by atoms with Crippen LogP contribution >= 0.6 is 0 Å². The van der Waals surface area contributed by atoms with Crippen molar-refractivity contribution in [3.8, 4) is 17.2 Å². The molecule has 0 saturated carbocycles. The van der Waals surface area contributed by atoms with E-state index in [4.69, 9.17) is 9.47 Å². The number of benzene rings is 2. The van der Waals surface area contributed by atoms with E-state index in [0.717, 1.165) is 12.1 Å².